The van der Waals surface area contributed by atoms with Crippen molar-refractivity contribution in [3.8, 4) is 0 Å². The molecule has 0 aromatic heterocycles. The molecule has 0 spiro atoms. The van der Waals surface area contributed by atoms with Gasteiger partial charge in [-0.05, 0) is 33.6 Å². The minimum absolute atomic E-state index is 0.155. The summed E-state index contributed by atoms with van der Waals surface area (Å²) in [7, 11) is 0. The summed E-state index contributed by atoms with van der Waals surface area (Å²) in [6.07, 6.45) is 1.34. The lowest BCUT2D eigenvalue weighted by Gasteiger charge is -2.23. The van der Waals surface area contributed by atoms with Crippen molar-refractivity contribution in [1.29, 1.82) is 0 Å². The summed E-state index contributed by atoms with van der Waals surface area (Å²) in [5, 5.41) is 3.92. The number of carbonyl (C=O) groups is 2. The maximum Gasteiger partial charge on any atom is 0.354 e. The van der Waals surface area contributed by atoms with Gasteiger partial charge in [0.15, 0.2) is 5.54 Å². The third-order valence-corrected chi connectivity index (χ3v) is 3.41. The first-order chi connectivity index (χ1) is 9.32. The average molecular weight is 284 g/mol. The molecular weight excluding hydrogens is 260 g/mol. The molecule has 0 aliphatic carbocycles. The van der Waals surface area contributed by atoms with Crippen molar-refractivity contribution in [3.05, 3.63) is 0 Å². The number of hydrogen-bond acceptors (Lipinski definition) is 6. The Balaban J connectivity index is 2.59. The monoisotopic (exact) mass is 284 g/mol. The molecule has 3 unspecified atom stereocenters. The van der Waals surface area contributed by atoms with Gasteiger partial charge < -0.3 is 9.47 Å². The molecule has 0 fully saturated rings. The Labute approximate surface area is 119 Å². The van der Waals surface area contributed by atoms with Crippen LogP contribution in [-0.2, 0) is 19.1 Å². The van der Waals surface area contributed by atoms with Crippen LogP contribution in [0, 0.1) is 0 Å². The average Bonchev–Trinajstić information content (AvgIpc) is 2.82. The Kier molecular flexibility index (Phi) is 5.53. The predicted octanol–water partition coefficient (Wildman–Crippen LogP) is 1.78. The molecule has 114 valence electrons. The van der Waals surface area contributed by atoms with E-state index in [0.717, 1.165) is 12.8 Å². The van der Waals surface area contributed by atoms with Crippen LogP contribution in [0.1, 0.15) is 53.9 Å². The van der Waals surface area contributed by atoms with Gasteiger partial charge in [0.25, 0.3) is 0 Å². The second kappa shape index (κ2) is 6.72. The van der Waals surface area contributed by atoms with E-state index in [9.17, 15) is 9.59 Å². The summed E-state index contributed by atoms with van der Waals surface area (Å²) in [6, 6.07) is 0. The van der Waals surface area contributed by atoms with Crippen molar-refractivity contribution in [2.75, 3.05) is 0 Å². The minimum Gasteiger partial charge on any atom is -0.461 e. The second-order valence-electron chi connectivity index (χ2n) is 5.43. The predicted molar refractivity (Wildman–Crippen MR) is 75.3 cm³/mol. The van der Waals surface area contributed by atoms with Gasteiger partial charge in [-0.1, -0.05) is 13.8 Å². The third kappa shape index (κ3) is 3.95. The quantitative estimate of drug-likeness (QED) is 0.752. The molecule has 0 aromatic rings. The van der Waals surface area contributed by atoms with E-state index in [0.29, 0.717) is 0 Å². The summed E-state index contributed by atoms with van der Waals surface area (Å²) in [4.78, 5) is 23.9. The highest BCUT2D eigenvalue weighted by atomic mass is 16.5. The van der Waals surface area contributed by atoms with Crippen LogP contribution in [-0.4, -0.2) is 35.4 Å². The molecule has 1 aliphatic heterocycles. The molecule has 0 amide bonds. The van der Waals surface area contributed by atoms with Gasteiger partial charge >= 0.3 is 11.9 Å². The van der Waals surface area contributed by atoms with Crippen LogP contribution in [0.5, 0.6) is 0 Å². The fourth-order valence-corrected chi connectivity index (χ4v) is 1.57. The molecule has 0 radical (unpaired) electrons. The van der Waals surface area contributed by atoms with Gasteiger partial charge in [-0.3, -0.25) is 5.43 Å². The van der Waals surface area contributed by atoms with E-state index in [2.05, 4.69) is 10.5 Å². The van der Waals surface area contributed by atoms with E-state index in [4.69, 9.17) is 9.47 Å². The van der Waals surface area contributed by atoms with Crippen molar-refractivity contribution < 1.29 is 19.1 Å². The van der Waals surface area contributed by atoms with Crippen LogP contribution in [0.15, 0.2) is 5.10 Å². The maximum atomic E-state index is 12.1. The smallest absolute Gasteiger partial charge is 0.354 e. The first-order valence-corrected chi connectivity index (χ1v) is 7.08. The topological polar surface area (TPSA) is 77.0 Å². The molecule has 1 N–H and O–H groups in total. The van der Waals surface area contributed by atoms with Gasteiger partial charge in [0.1, 0.15) is 5.71 Å². The molecule has 0 saturated carbocycles. The Morgan fingerprint density at radius 3 is 2.35 bits per heavy atom. The molecule has 6 nitrogen and oxygen atoms in total. The number of esters is 2. The summed E-state index contributed by atoms with van der Waals surface area (Å²) in [5.74, 6) is -0.881. The van der Waals surface area contributed by atoms with Crippen LogP contribution in [0.4, 0.5) is 0 Å². The standard InChI is InChI=1S/C14H24N2O4/c1-6-9(3)19-12(17)11-8-14(5,16-15-11)13(18)20-10(4)7-2/h9-10,16H,6-8H2,1-5H3. The van der Waals surface area contributed by atoms with E-state index in [1.165, 1.54) is 0 Å². The lowest BCUT2D eigenvalue weighted by molar-refractivity contribution is -0.155. The molecule has 3 atom stereocenters. The normalized spacial score (nSPS) is 24.4. The fourth-order valence-electron chi connectivity index (χ4n) is 1.57. The number of hydrogen-bond donors (Lipinski definition) is 1. The number of nitrogens with one attached hydrogen (secondary N) is 1. The summed E-state index contributed by atoms with van der Waals surface area (Å²) >= 11 is 0. The van der Waals surface area contributed by atoms with E-state index in [1.54, 1.807) is 6.92 Å². The zero-order chi connectivity index (χ0) is 15.3. The highest BCUT2D eigenvalue weighted by Gasteiger charge is 2.43. The van der Waals surface area contributed by atoms with Crippen LogP contribution in [0.25, 0.3) is 0 Å². The summed E-state index contributed by atoms with van der Waals surface area (Å²) in [6.45, 7) is 9.19. The van der Waals surface area contributed by atoms with Crippen molar-refractivity contribution in [1.82, 2.24) is 5.43 Å². The Morgan fingerprint density at radius 1 is 1.25 bits per heavy atom. The fraction of sp³-hybridized carbons (Fsp3) is 0.786. The van der Waals surface area contributed by atoms with Gasteiger partial charge in [-0.25, -0.2) is 9.59 Å². The number of nitrogens with zero attached hydrogens (tertiary/aromatic N) is 1. The van der Waals surface area contributed by atoms with Gasteiger partial charge in [-0.2, -0.15) is 5.10 Å². The van der Waals surface area contributed by atoms with Crippen molar-refractivity contribution >= 4 is 17.7 Å². The van der Waals surface area contributed by atoms with Gasteiger partial charge in [0, 0.05) is 6.42 Å². The van der Waals surface area contributed by atoms with Crippen molar-refractivity contribution in [2.24, 2.45) is 5.10 Å². The van der Waals surface area contributed by atoms with Crippen molar-refractivity contribution in [2.45, 2.75) is 71.6 Å². The van der Waals surface area contributed by atoms with Crippen molar-refractivity contribution in [3.63, 3.8) is 0 Å². The third-order valence-electron chi connectivity index (χ3n) is 3.41. The van der Waals surface area contributed by atoms with E-state index in [-0.39, 0.29) is 24.3 Å². The zero-order valence-corrected chi connectivity index (χ0v) is 12.9. The van der Waals surface area contributed by atoms with E-state index >= 15 is 0 Å². The first-order valence-electron chi connectivity index (χ1n) is 7.08. The van der Waals surface area contributed by atoms with Gasteiger partial charge in [0.05, 0.1) is 12.2 Å². The van der Waals surface area contributed by atoms with E-state index in [1.807, 2.05) is 27.7 Å². The van der Waals surface area contributed by atoms with Crippen LogP contribution < -0.4 is 5.43 Å². The Morgan fingerprint density at radius 2 is 1.80 bits per heavy atom. The largest absolute Gasteiger partial charge is 0.461 e. The number of hydrazone groups is 1. The molecule has 0 bridgehead atoms. The molecule has 6 heteroatoms. The maximum absolute atomic E-state index is 12.1. The molecule has 20 heavy (non-hydrogen) atoms. The molecule has 1 heterocycles. The lowest BCUT2D eigenvalue weighted by atomic mass is 9.97. The highest BCUT2D eigenvalue weighted by molar-refractivity contribution is 6.37. The summed E-state index contributed by atoms with van der Waals surface area (Å²) < 4.78 is 10.5. The minimum atomic E-state index is -0.993. The van der Waals surface area contributed by atoms with Crippen LogP contribution >= 0.6 is 0 Å². The SMILES string of the molecule is CCC(C)OC(=O)C1=NNC(C)(C(=O)OC(C)CC)C1. The highest BCUT2D eigenvalue weighted by Crippen LogP contribution is 2.21. The first kappa shape index (κ1) is 16.5. The van der Waals surface area contributed by atoms with Crippen LogP contribution in [0.3, 0.4) is 0 Å². The number of carbonyl (C=O) groups excluding carboxylic acids is 2. The molecule has 1 rings (SSSR count). The molecule has 0 saturated heterocycles. The molecule has 1 aliphatic rings. The molecular formula is C14H24N2O4. The Bertz CT molecular complexity index is 408. The van der Waals surface area contributed by atoms with Crippen LogP contribution in [0.2, 0.25) is 0 Å². The number of rotatable bonds is 6. The van der Waals surface area contributed by atoms with E-state index < -0.39 is 17.5 Å². The molecule has 0 aromatic carbocycles. The Hall–Kier alpha value is -1.59. The second-order valence-corrected chi connectivity index (χ2v) is 5.43. The zero-order valence-electron chi connectivity index (χ0n) is 12.9. The summed E-state index contributed by atoms with van der Waals surface area (Å²) in [5.41, 5.74) is 1.93. The number of ether oxygens (including phenoxy) is 2. The lowest BCUT2D eigenvalue weighted by Crippen LogP contribution is -2.46. The van der Waals surface area contributed by atoms with Gasteiger partial charge in [-0.15, -0.1) is 0 Å². The van der Waals surface area contributed by atoms with Gasteiger partial charge in [0.2, 0.25) is 0 Å².